The van der Waals surface area contributed by atoms with Crippen LogP contribution < -0.4 is 14.8 Å². The molecule has 2 rings (SSSR count). The summed E-state index contributed by atoms with van der Waals surface area (Å²) < 4.78 is 10.8. The first kappa shape index (κ1) is 26.8. The molecule has 1 N–H and O–H groups in total. The van der Waals surface area contributed by atoms with Crippen molar-refractivity contribution >= 4 is 29.9 Å². The lowest BCUT2D eigenvalue weighted by Crippen LogP contribution is -2.52. The molecule has 0 amide bonds. The molecule has 0 unspecified atom stereocenters. The predicted molar refractivity (Wildman–Crippen MR) is 136 cm³/mol. The van der Waals surface area contributed by atoms with Gasteiger partial charge in [-0.1, -0.05) is 19.4 Å². The highest BCUT2D eigenvalue weighted by molar-refractivity contribution is 14.0. The molecule has 1 aliphatic heterocycles. The van der Waals surface area contributed by atoms with Gasteiger partial charge in [0.1, 0.15) is 0 Å². The molecule has 0 saturated carbocycles. The van der Waals surface area contributed by atoms with E-state index in [9.17, 15) is 0 Å². The molecule has 172 valence electrons. The molecule has 1 aromatic carbocycles. The third-order valence-electron chi connectivity index (χ3n) is 5.41. The Balaban J connectivity index is 0.00000450. The first-order valence-electron chi connectivity index (χ1n) is 10.7. The number of rotatable bonds is 10. The van der Waals surface area contributed by atoms with Crippen molar-refractivity contribution in [2.75, 3.05) is 74.1 Å². The van der Waals surface area contributed by atoms with Crippen molar-refractivity contribution in [3.63, 3.8) is 0 Å². The van der Waals surface area contributed by atoms with E-state index >= 15 is 0 Å². The van der Waals surface area contributed by atoms with Crippen LogP contribution >= 0.6 is 24.0 Å². The number of unbranched alkanes of at least 4 members (excludes halogenated alkanes) is 1. The van der Waals surface area contributed by atoms with Gasteiger partial charge in [0.25, 0.3) is 0 Å². The Morgan fingerprint density at radius 3 is 2.40 bits per heavy atom. The molecule has 1 saturated heterocycles. The molecule has 30 heavy (non-hydrogen) atoms. The fourth-order valence-electron chi connectivity index (χ4n) is 3.59. The largest absolute Gasteiger partial charge is 0.493 e. The van der Waals surface area contributed by atoms with Crippen LogP contribution in [0.2, 0.25) is 0 Å². The highest BCUT2D eigenvalue weighted by Crippen LogP contribution is 2.28. The normalized spacial score (nSPS) is 15.1. The minimum absolute atomic E-state index is 0. The molecule has 0 spiro atoms. The summed E-state index contributed by atoms with van der Waals surface area (Å²) in [5.74, 6) is 2.58. The summed E-state index contributed by atoms with van der Waals surface area (Å²) in [6, 6.07) is 6.16. The van der Waals surface area contributed by atoms with E-state index in [2.05, 4.69) is 51.1 Å². The number of hydrogen-bond acceptors (Lipinski definition) is 5. The summed E-state index contributed by atoms with van der Waals surface area (Å²) in [6.07, 6.45) is 2.50. The molecule has 7 nitrogen and oxygen atoms in total. The number of nitrogens with one attached hydrogen (secondary N) is 1. The second kappa shape index (κ2) is 14.7. The lowest BCUT2D eigenvalue weighted by molar-refractivity contribution is 0.172. The Morgan fingerprint density at radius 1 is 1.10 bits per heavy atom. The van der Waals surface area contributed by atoms with E-state index < -0.39 is 0 Å². The fourth-order valence-corrected chi connectivity index (χ4v) is 3.59. The molecule has 1 aromatic rings. The number of piperazine rings is 1. The average Bonchev–Trinajstić information content (AvgIpc) is 2.76. The predicted octanol–water partition coefficient (Wildman–Crippen LogP) is 2.75. The second-order valence-electron chi connectivity index (χ2n) is 7.58. The van der Waals surface area contributed by atoms with Gasteiger partial charge in [-0.05, 0) is 37.7 Å². The van der Waals surface area contributed by atoms with Crippen LogP contribution in [0.4, 0.5) is 0 Å². The molecule has 0 atom stereocenters. The van der Waals surface area contributed by atoms with Crippen LogP contribution in [0.25, 0.3) is 0 Å². The Morgan fingerprint density at radius 2 is 1.80 bits per heavy atom. The van der Waals surface area contributed by atoms with Crippen LogP contribution in [0, 0.1) is 0 Å². The Bertz CT molecular complexity index is 636. The van der Waals surface area contributed by atoms with Crippen molar-refractivity contribution in [1.29, 1.82) is 0 Å². The fraction of sp³-hybridized carbons (Fsp3) is 0.682. The summed E-state index contributed by atoms with van der Waals surface area (Å²) in [5.41, 5.74) is 1.24. The number of methoxy groups -OCH3 is 2. The van der Waals surface area contributed by atoms with Crippen LogP contribution in [0.15, 0.2) is 23.2 Å². The maximum atomic E-state index is 5.43. The van der Waals surface area contributed by atoms with E-state index in [1.54, 1.807) is 14.2 Å². The molecule has 8 heteroatoms. The lowest BCUT2D eigenvalue weighted by Gasteiger charge is -2.36. The number of likely N-dealkylation sites (N-methyl/N-ethyl adjacent to an activating group) is 1. The topological polar surface area (TPSA) is 52.6 Å². The summed E-state index contributed by atoms with van der Waals surface area (Å²) in [6.45, 7) is 10.3. The zero-order valence-corrected chi connectivity index (χ0v) is 21.6. The van der Waals surface area contributed by atoms with E-state index in [1.165, 1.54) is 18.4 Å². The van der Waals surface area contributed by atoms with E-state index in [0.717, 1.165) is 69.8 Å². The number of aliphatic imine (C=N–C) groups is 1. The van der Waals surface area contributed by atoms with Gasteiger partial charge in [0.2, 0.25) is 0 Å². The smallest absolute Gasteiger partial charge is 0.193 e. The van der Waals surface area contributed by atoms with Crippen molar-refractivity contribution in [1.82, 2.24) is 20.0 Å². The third kappa shape index (κ3) is 8.47. The Hall–Kier alpha value is -1.26. The van der Waals surface area contributed by atoms with Crippen LogP contribution in [0.5, 0.6) is 11.5 Å². The van der Waals surface area contributed by atoms with Crippen LogP contribution in [-0.4, -0.2) is 94.8 Å². The van der Waals surface area contributed by atoms with Crippen LogP contribution in [0.1, 0.15) is 25.3 Å². The monoisotopic (exact) mass is 533 g/mol. The molecule has 0 aromatic heterocycles. The van der Waals surface area contributed by atoms with Crippen molar-refractivity contribution in [3.8, 4) is 11.5 Å². The Kier molecular flexibility index (Phi) is 13.1. The summed E-state index contributed by atoms with van der Waals surface area (Å²) in [5, 5.41) is 3.52. The SMILES string of the molecule is CCCCN(C)CCNC(=NC)N1CCN(Cc2ccc(OC)c(OC)c2)CC1.I. The molecule has 0 bridgehead atoms. The molecular formula is C22H40IN5O2. The van der Waals surface area contributed by atoms with Crippen molar-refractivity contribution in [3.05, 3.63) is 23.8 Å². The van der Waals surface area contributed by atoms with E-state index in [1.807, 2.05) is 13.1 Å². The number of ether oxygens (including phenoxy) is 2. The zero-order chi connectivity index (χ0) is 21.1. The molecule has 0 aliphatic carbocycles. The van der Waals surface area contributed by atoms with Gasteiger partial charge in [-0.3, -0.25) is 9.89 Å². The summed E-state index contributed by atoms with van der Waals surface area (Å²) in [7, 11) is 7.41. The number of hydrogen-bond donors (Lipinski definition) is 1. The standard InChI is InChI=1S/C22H39N5O2.HI/c1-6-7-11-25(3)12-10-24-22(23-2)27-15-13-26(14-16-27)18-19-8-9-20(28-4)21(17-19)29-5;/h8-9,17H,6-7,10-16,18H2,1-5H3,(H,23,24);1H. The van der Waals surface area contributed by atoms with Gasteiger partial charge < -0.3 is 24.6 Å². The summed E-state index contributed by atoms with van der Waals surface area (Å²) >= 11 is 0. The Labute approximate surface area is 199 Å². The van der Waals surface area contributed by atoms with Crippen molar-refractivity contribution in [2.45, 2.75) is 26.3 Å². The van der Waals surface area contributed by atoms with Crippen LogP contribution in [0.3, 0.4) is 0 Å². The quantitative estimate of drug-likeness (QED) is 0.284. The maximum Gasteiger partial charge on any atom is 0.193 e. The van der Waals surface area contributed by atoms with E-state index in [0.29, 0.717) is 0 Å². The highest BCUT2D eigenvalue weighted by atomic mass is 127. The van der Waals surface area contributed by atoms with Gasteiger partial charge in [0.05, 0.1) is 14.2 Å². The van der Waals surface area contributed by atoms with Crippen molar-refractivity contribution < 1.29 is 9.47 Å². The lowest BCUT2D eigenvalue weighted by atomic mass is 10.1. The number of benzene rings is 1. The average molecular weight is 533 g/mol. The third-order valence-corrected chi connectivity index (χ3v) is 5.41. The van der Waals surface area contributed by atoms with Gasteiger partial charge in [0, 0.05) is 52.9 Å². The maximum absolute atomic E-state index is 5.43. The number of guanidine groups is 1. The van der Waals surface area contributed by atoms with Crippen molar-refractivity contribution in [2.24, 2.45) is 4.99 Å². The zero-order valence-electron chi connectivity index (χ0n) is 19.3. The molecular weight excluding hydrogens is 493 g/mol. The molecule has 1 aliphatic rings. The van der Waals surface area contributed by atoms with Crippen LogP contribution in [-0.2, 0) is 6.54 Å². The first-order valence-corrected chi connectivity index (χ1v) is 10.7. The summed E-state index contributed by atoms with van der Waals surface area (Å²) in [4.78, 5) is 11.7. The minimum atomic E-state index is 0. The molecule has 0 radical (unpaired) electrons. The van der Waals surface area contributed by atoms with E-state index in [4.69, 9.17) is 9.47 Å². The highest BCUT2D eigenvalue weighted by Gasteiger charge is 2.20. The molecule has 1 heterocycles. The minimum Gasteiger partial charge on any atom is -0.493 e. The molecule has 1 fully saturated rings. The van der Waals surface area contributed by atoms with Gasteiger partial charge in [0.15, 0.2) is 17.5 Å². The van der Waals surface area contributed by atoms with Gasteiger partial charge in [-0.15, -0.1) is 24.0 Å². The first-order chi connectivity index (χ1) is 14.1. The van der Waals surface area contributed by atoms with Gasteiger partial charge >= 0.3 is 0 Å². The van der Waals surface area contributed by atoms with Gasteiger partial charge in [-0.2, -0.15) is 0 Å². The number of halogens is 1. The second-order valence-corrected chi connectivity index (χ2v) is 7.58. The van der Waals surface area contributed by atoms with E-state index in [-0.39, 0.29) is 24.0 Å². The number of nitrogens with zero attached hydrogens (tertiary/aromatic N) is 4. The van der Waals surface area contributed by atoms with Gasteiger partial charge in [-0.25, -0.2) is 0 Å².